The number of rotatable bonds is 5. The Hall–Kier alpha value is -2.87. The van der Waals surface area contributed by atoms with Crippen molar-refractivity contribution in [3.63, 3.8) is 0 Å². The molecule has 1 fully saturated rings. The molecule has 2 aromatic rings. The van der Waals surface area contributed by atoms with E-state index in [9.17, 15) is 9.59 Å². The number of nitrogens with zero attached hydrogens (tertiary/aromatic N) is 2. The Morgan fingerprint density at radius 3 is 2.74 bits per heavy atom. The number of pyridine rings is 1. The van der Waals surface area contributed by atoms with E-state index in [1.807, 2.05) is 37.3 Å². The highest BCUT2D eigenvalue weighted by molar-refractivity contribution is 6.00. The van der Waals surface area contributed by atoms with Crippen LogP contribution in [0.15, 0.2) is 30.3 Å². The van der Waals surface area contributed by atoms with Crippen LogP contribution in [0.2, 0.25) is 0 Å². The molecule has 3 rings (SSSR count). The van der Waals surface area contributed by atoms with Crippen molar-refractivity contribution < 1.29 is 14.7 Å². The monoisotopic (exact) mass is 371 g/mol. The van der Waals surface area contributed by atoms with Gasteiger partial charge in [-0.15, -0.1) is 0 Å². The van der Waals surface area contributed by atoms with Crippen LogP contribution in [0.3, 0.4) is 0 Å². The number of likely N-dealkylation sites (tertiary alicyclic amines) is 1. The van der Waals surface area contributed by atoms with Crippen molar-refractivity contribution in [2.45, 2.75) is 25.8 Å². The zero-order valence-electron chi connectivity index (χ0n) is 15.4. The molecule has 1 aliphatic heterocycles. The lowest BCUT2D eigenvalue weighted by Gasteiger charge is -2.31. The average molecular weight is 371 g/mol. The van der Waals surface area contributed by atoms with Gasteiger partial charge in [-0.2, -0.15) is 0 Å². The minimum Gasteiger partial charge on any atom is -0.465 e. The van der Waals surface area contributed by atoms with E-state index in [0.29, 0.717) is 6.54 Å². The van der Waals surface area contributed by atoms with E-state index < -0.39 is 6.09 Å². The van der Waals surface area contributed by atoms with Gasteiger partial charge in [-0.25, -0.2) is 9.59 Å². The number of nitrogens with one attached hydrogen (secondary N) is 3. The number of piperidine rings is 1. The highest BCUT2D eigenvalue weighted by Crippen LogP contribution is 2.22. The Labute approximate surface area is 158 Å². The molecule has 0 atom stereocenters. The molecule has 0 unspecified atom stereocenters. The van der Waals surface area contributed by atoms with Crippen LogP contribution in [0.5, 0.6) is 0 Å². The minimum atomic E-state index is -0.967. The van der Waals surface area contributed by atoms with Crippen LogP contribution in [0, 0.1) is 6.92 Å². The lowest BCUT2D eigenvalue weighted by molar-refractivity contribution is 0.168. The van der Waals surface area contributed by atoms with Crippen LogP contribution in [0.4, 0.5) is 15.3 Å². The molecule has 8 nitrogen and oxygen atoms in total. The summed E-state index contributed by atoms with van der Waals surface area (Å²) in [7, 11) is 0. The van der Waals surface area contributed by atoms with Crippen molar-refractivity contribution in [2.24, 2.45) is 0 Å². The summed E-state index contributed by atoms with van der Waals surface area (Å²) < 4.78 is 0. The lowest BCUT2D eigenvalue weighted by atomic mass is 10.1. The fourth-order valence-corrected chi connectivity index (χ4v) is 3.38. The normalized spacial score (nSPS) is 15.4. The van der Waals surface area contributed by atoms with Crippen molar-refractivity contribution in [3.05, 3.63) is 36.0 Å². The first-order chi connectivity index (χ1) is 13.0. The van der Waals surface area contributed by atoms with Gasteiger partial charge >= 0.3 is 12.1 Å². The molecule has 0 aliphatic carbocycles. The van der Waals surface area contributed by atoms with Crippen molar-refractivity contribution in [1.29, 1.82) is 0 Å². The van der Waals surface area contributed by atoms with E-state index in [-0.39, 0.29) is 12.1 Å². The molecule has 1 aliphatic rings. The molecule has 2 heterocycles. The molecule has 4 N–H and O–H groups in total. The summed E-state index contributed by atoms with van der Waals surface area (Å²) in [5, 5.41) is 18.0. The lowest BCUT2D eigenvalue weighted by Crippen LogP contribution is -2.46. The summed E-state index contributed by atoms with van der Waals surface area (Å²) in [6, 6.07) is 9.36. The number of carbonyl (C=O) groups is 2. The molecule has 27 heavy (non-hydrogen) atoms. The molecule has 0 bridgehead atoms. The van der Waals surface area contributed by atoms with Crippen LogP contribution in [0.1, 0.15) is 18.5 Å². The summed E-state index contributed by atoms with van der Waals surface area (Å²) in [4.78, 5) is 29.6. The first-order valence-corrected chi connectivity index (χ1v) is 9.14. The molecule has 1 aromatic carbocycles. The molecular formula is C19H25N5O3. The van der Waals surface area contributed by atoms with Gasteiger partial charge in [-0.1, -0.05) is 18.2 Å². The standard InChI is InChI=1S/C19H25N5O3/c1-13-12-17(15-4-2-3-5-16(15)21-13)23-18(25)20-8-11-24-9-6-14(7-10-24)22-19(26)27/h2-5,12,14,22H,6-11H2,1H3,(H,26,27)(H2,20,21,23,25). The second kappa shape index (κ2) is 8.68. The smallest absolute Gasteiger partial charge is 0.404 e. The first-order valence-electron chi connectivity index (χ1n) is 9.14. The Morgan fingerprint density at radius 2 is 2.00 bits per heavy atom. The third-order valence-electron chi connectivity index (χ3n) is 4.72. The van der Waals surface area contributed by atoms with E-state index in [4.69, 9.17) is 5.11 Å². The van der Waals surface area contributed by atoms with Crippen LogP contribution in [-0.2, 0) is 0 Å². The van der Waals surface area contributed by atoms with Gasteiger partial charge < -0.3 is 26.0 Å². The maximum absolute atomic E-state index is 12.2. The molecule has 0 radical (unpaired) electrons. The molecule has 0 spiro atoms. The summed E-state index contributed by atoms with van der Waals surface area (Å²) in [6.45, 7) is 4.82. The molecule has 1 saturated heterocycles. The van der Waals surface area contributed by atoms with Gasteiger partial charge in [0, 0.05) is 43.3 Å². The van der Waals surface area contributed by atoms with Gasteiger partial charge in [0.2, 0.25) is 0 Å². The third kappa shape index (κ3) is 5.30. The number of fused-ring (bicyclic) bond motifs is 1. The Kier molecular flexibility index (Phi) is 6.08. The summed E-state index contributed by atoms with van der Waals surface area (Å²) >= 11 is 0. The number of amides is 3. The van der Waals surface area contributed by atoms with Crippen molar-refractivity contribution >= 4 is 28.7 Å². The number of benzene rings is 1. The van der Waals surface area contributed by atoms with E-state index in [0.717, 1.165) is 54.8 Å². The van der Waals surface area contributed by atoms with Gasteiger partial charge in [0.15, 0.2) is 0 Å². The number of urea groups is 1. The zero-order valence-corrected chi connectivity index (χ0v) is 15.4. The summed E-state index contributed by atoms with van der Waals surface area (Å²) in [5.41, 5.74) is 2.45. The number of aromatic nitrogens is 1. The molecule has 3 amide bonds. The fourth-order valence-electron chi connectivity index (χ4n) is 3.38. The van der Waals surface area contributed by atoms with Crippen molar-refractivity contribution in [1.82, 2.24) is 20.5 Å². The zero-order chi connectivity index (χ0) is 19.2. The number of hydrogen-bond acceptors (Lipinski definition) is 4. The van der Waals surface area contributed by atoms with Crippen molar-refractivity contribution in [2.75, 3.05) is 31.5 Å². The van der Waals surface area contributed by atoms with E-state index in [2.05, 4.69) is 25.8 Å². The molecule has 8 heteroatoms. The molecule has 1 aromatic heterocycles. The molecule has 144 valence electrons. The number of para-hydroxylation sites is 1. The van der Waals surface area contributed by atoms with Crippen LogP contribution < -0.4 is 16.0 Å². The van der Waals surface area contributed by atoms with Crippen molar-refractivity contribution in [3.8, 4) is 0 Å². The first kappa shape index (κ1) is 18.9. The second-order valence-electron chi connectivity index (χ2n) is 6.77. The number of aryl methyl sites for hydroxylation is 1. The Morgan fingerprint density at radius 1 is 1.26 bits per heavy atom. The van der Waals surface area contributed by atoms with Crippen LogP contribution in [-0.4, -0.2) is 59.3 Å². The van der Waals surface area contributed by atoms with Crippen LogP contribution >= 0.6 is 0 Å². The van der Waals surface area contributed by atoms with Crippen LogP contribution in [0.25, 0.3) is 10.9 Å². The van der Waals surface area contributed by atoms with E-state index >= 15 is 0 Å². The highest BCUT2D eigenvalue weighted by atomic mass is 16.4. The number of carbonyl (C=O) groups excluding carboxylic acids is 1. The number of hydrogen-bond donors (Lipinski definition) is 4. The minimum absolute atomic E-state index is 0.0261. The third-order valence-corrected chi connectivity index (χ3v) is 4.72. The predicted molar refractivity (Wildman–Crippen MR) is 104 cm³/mol. The van der Waals surface area contributed by atoms with E-state index in [1.165, 1.54) is 0 Å². The average Bonchev–Trinajstić information content (AvgIpc) is 2.62. The number of anilines is 1. The maximum atomic E-state index is 12.2. The number of carboxylic acid groups (broad SMARTS) is 1. The molecule has 0 saturated carbocycles. The quantitative estimate of drug-likeness (QED) is 0.646. The second-order valence-corrected chi connectivity index (χ2v) is 6.77. The van der Waals surface area contributed by atoms with Gasteiger partial charge in [-0.3, -0.25) is 4.98 Å². The van der Waals surface area contributed by atoms with Gasteiger partial charge in [0.25, 0.3) is 0 Å². The maximum Gasteiger partial charge on any atom is 0.404 e. The topological polar surface area (TPSA) is 107 Å². The predicted octanol–water partition coefficient (Wildman–Crippen LogP) is 2.40. The van der Waals surface area contributed by atoms with Gasteiger partial charge in [0.1, 0.15) is 0 Å². The summed E-state index contributed by atoms with van der Waals surface area (Å²) in [6.07, 6.45) is 0.618. The summed E-state index contributed by atoms with van der Waals surface area (Å²) in [5.74, 6) is 0. The largest absolute Gasteiger partial charge is 0.465 e. The fraction of sp³-hybridized carbons (Fsp3) is 0.421. The Bertz CT molecular complexity index is 818. The molecular weight excluding hydrogens is 346 g/mol. The van der Waals surface area contributed by atoms with Gasteiger partial charge in [-0.05, 0) is 31.9 Å². The Balaban J connectivity index is 1.45. The van der Waals surface area contributed by atoms with Gasteiger partial charge in [0.05, 0.1) is 11.2 Å². The SMILES string of the molecule is Cc1cc(NC(=O)NCCN2CCC(NC(=O)O)CC2)c2ccccc2n1. The van der Waals surface area contributed by atoms with E-state index in [1.54, 1.807) is 0 Å². The highest BCUT2D eigenvalue weighted by Gasteiger charge is 2.20.